The number of benzene rings is 3. The van der Waals surface area contributed by atoms with Crippen LogP contribution in [0.15, 0.2) is 78.9 Å². The number of halogens is 1. The van der Waals surface area contributed by atoms with Gasteiger partial charge in [0.15, 0.2) is 0 Å². The molecule has 35 heavy (non-hydrogen) atoms. The van der Waals surface area contributed by atoms with Gasteiger partial charge in [-0.3, -0.25) is 4.79 Å². The highest BCUT2D eigenvalue weighted by Gasteiger charge is 2.25. The molecule has 0 aliphatic rings. The Bertz CT molecular complexity index is 1300. The van der Waals surface area contributed by atoms with E-state index in [-0.39, 0.29) is 5.91 Å². The van der Waals surface area contributed by atoms with E-state index < -0.39 is 0 Å². The highest BCUT2D eigenvalue weighted by atomic mass is 35.5. The van der Waals surface area contributed by atoms with E-state index in [1.165, 1.54) is 0 Å². The Morgan fingerprint density at radius 3 is 2.49 bits per heavy atom. The normalized spacial score (nSPS) is 10.7. The van der Waals surface area contributed by atoms with Crippen molar-refractivity contribution in [2.45, 2.75) is 19.9 Å². The molecule has 0 spiro atoms. The summed E-state index contributed by atoms with van der Waals surface area (Å²) in [5.41, 5.74) is 3.08. The van der Waals surface area contributed by atoms with Crippen LogP contribution in [-0.4, -0.2) is 34.2 Å². The number of nitrogens with zero attached hydrogens (tertiary/aromatic N) is 3. The van der Waals surface area contributed by atoms with Crippen LogP contribution in [0.2, 0.25) is 5.02 Å². The summed E-state index contributed by atoms with van der Waals surface area (Å²) < 4.78 is 13.3. The van der Waals surface area contributed by atoms with Gasteiger partial charge in [0.05, 0.1) is 24.2 Å². The van der Waals surface area contributed by atoms with E-state index in [0.717, 1.165) is 23.2 Å². The molecule has 1 heterocycles. The van der Waals surface area contributed by atoms with Crippen molar-refractivity contribution < 1.29 is 14.3 Å². The minimum atomic E-state index is -0.0858. The minimum absolute atomic E-state index is 0.0858. The van der Waals surface area contributed by atoms with Crippen LogP contribution >= 0.6 is 11.6 Å². The Morgan fingerprint density at radius 1 is 1.03 bits per heavy atom. The topological polar surface area (TPSA) is 56.6 Å². The third-order valence-corrected chi connectivity index (χ3v) is 5.94. The van der Waals surface area contributed by atoms with Crippen molar-refractivity contribution in [3.63, 3.8) is 0 Å². The predicted molar refractivity (Wildman–Crippen MR) is 138 cm³/mol. The maximum atomic E-state index is 13.6. The van der Waals surface area contributed by atoms with E-state index in [1.807, 2.05) is 79.5 Å². The molecule has 0 radical (unpaired) electrons. The van der Waals surface area contributed by atoms with Crippen molar-refractivity contribution in [1.29, 1.82) is 0 Å². The van der Waals surface area contributed by atoms with Crippen LogP contribution in [0.5, 0.6) is 17.4 Å². The number of carbonyl (C=O) groups excluding carboxylic acids is 1. The van der Waals surface area contributed by atoms with Crippen molar-refractivity contribution in [3.8, 4) is 28.6 Å². The van der Waals surface area contributed by atoms with E-state index in [9.17, 15) is 4.79 Å². The van der Waals surface area contributed by atoms with Gasteiger partial charge in [0.1, 0.15) is 17.2 Å². The molecule has 0 fully saturated rings. The number of carbonyl (C=O) groups is 1. The summed E-state index contributed by atoms with van der Waals surface area (Å²) in [5.74, 6) is 1.62. The molecule has 0 atom stereocenters. The van der Waals surface area contributed by atoms with Crippen molar-refractivity contribution in [2.75, 3.05) is 13.7 Å². The fourth-order valence-corrected chi connectivity index (χ4v) is 4.11. The summed E-state index contributed by atoms with van der Waals surface area (Å²) in [7, 11) is 3.42. The molecule has 1 aromatic heterocycles. The first kappa shape index (κ1) is 24.4. The number of aromatic nitrogens is 2. The van der Waals surface area contributed by atoms with Gasteiger partial charge >= 0.3 is 0 Å². The van der Waals surface area contributed by atoms with Gasteiger partial charge in [-0.15, -0.1) is 0 Å². The average molecular weight is 490 g/mol. The summed E-state index contributed by atoms with van der Waals surface area (Å²) in [4.78, 5) is 15.4. The van der Waals surface area contributed by atoms with Gasteiger partial charge in [0.2, 0.25) is 5.88 Å². The molecule has 4 aromatic rings. The summed E-state index contributed by atoms with van der Waals surface area (Å²) >= 11 is 6.39. The van der Waals surface area contributed by atoms with Gasteiger partial charge in [0, 0.05) is 24.7 Å². The SMILES string of the molecule is CCCN(Cc1c(-c2ccccc2)nn(C)c1Oc1ccccc1Cl)C(=O)c1cccc(OC)c1. The fourth-order valence-electron chi connectivity index (χ4n) is 3.93. The average Bonchev–Trinajstić information content (AvgIpc) is 3.19. The van der Waals surface area contributed by atoms with E-state index in [4.69, 9.17) is 26.2 Å². The van der Waals surface area contributed by atoms with Crippen LogP contribution in [0.4, 0.5) is 0 Å². The second-order valence-electron chi connectivity index (χ2n) is 8.11. The summed E-state index contributed by atoms with van der Waals surface area (Å²) in [6.07, 6.45) is 0.803. The molecule has 0 N–H and O–H groups in total. The van der Waals surface area contributed by atoms with Crippen molar-refractivity contribution in [3.05, 3.63) is 95.0 Å². The van der Waals surface area contributed by atoms with E-state index in [2.05, 4.69) is 0 Å². The second-order valence-corrected chi connectivity index (χ2v) is 8.52. The molecule has 0 saturated carbocycles. The zero-order chi connectivity index (χ0) is 24.8. The molecule has 1 amide bonds. The van der Waals surface area contributed by atoms with Gasteiger partial charge in [-0.25, -0.2) is 4.68 Å². The largest absolute Gasteiger partial charge is 0.497 e. The van der Waals surface area contributed by atoms with Gasteiger partial charge < -0.3 is 14.4 Å². The summed E-state index contributed by atoms with van der Waals surface area (Å²) in [6, 6.07) is 24.4. The molecule has 180 valence electrons. The second kappa shape index (κ2) is 11.1. The molecule has 4 rings (SSSR count). The standard InChI is InChI=1S/C28H28ClN3O3/c1-4-17-32(27(33)21-13-10-14-22(18-21)34-3)19-23-26(20-11-6-5-7-12-20)30-31(2)28(23)35-25-16-9-8-15-24(25)29/h5-16,18H,4,17,19H2,1-3H3. The molecule has 0 aliphatic carbocycles. The molecular formula is C28H28ClN3O3. The number of rotatable bonds is 9. The Balaban J connectivity index is 1.77. The molecular weight excluding hydrogens is 462 g/mol. The van der Waals surface area contributed by atoms with Crippen LogP contribution in [0.25, 0.3) is 11.3 Å². The molecule has 0 unspecified atom stereocenters. The number of ether oxygens (including phenoxy) is 2. The Hall–Kier alpha value is -3.77. The number of aryl methyl sites for hydroxylation is 1. The van der Waals surface area contributed by atoms with Crippen LogP contribution < -0.4 is 9.47 Å². The minimum Gasteiger partial charge on any atom is -0.497 e. The number of hydrogen-bond donors (Lipinski definition) is 0. The van der Waals surface area contributed by atoms with E-state index >= 15 is 0 Å². The summed E-state index contributed by atoms with van der Waals surface area (Å²) in [6.45, 7) is 2.95. The monoisotopic (exact) mass is 489 g/mol. The molecule has 0 aliphatic heterocycles. The number of hydrogen-bond acceptors (Lipinski definition) is 4. The van der Waals surface area contributed by atoms with E-state index in [0.29, 0.717) is 41.1 Å². The van der Waals surface area contributed by atoms with Gasteiger partial charge in [-0.2, -0.15) is 5.10 Å². The number of methoxy groups -OCH3 is 1. The maximum absolute atomic E-state index is 13.6. The number of para-hydroxylation sites is 1. The predicted octanol–water partition coefficient (Wildman–Crippen LogP) is 6.59. The van der Waals surface area contributed by atoms with Gasteiger partial charge in [-0.1, -0.05) is 67.1 Å². The fraction of sp³-hybridized carbons (Fsp3) is 0.214. The Labute approximate surface area is 210 Å². The highest BCUT2D eigenvalue weighted by molar-refractivity contribution is 6.32. The maximum Gasteiger partial charge on any atom is 0.254 e. The molecule has 0 bridgehead atoms. The molecule has 7 heteroatoms. The van der Waals surface area contributed by atoms with Gasteiger partial charge in [-0.05, 0) is 36.8 Å². The lowest BCUT2D eigenvalue weighted by Crippen LogP contribution is -2.31. The first-order valence-corrected chi connectivity index (χ1v) is 11.9. The summed E-state index contributed by atoms with van der Waals surface area (Å²) in [5, 5.41) is 5.27. The van der Waals surface area contributed by atoms with E-state index in [1.54, 1.807) is 30.0 Å². The quantitative estimate of drug-likeness (QED) is 0.266. The molecule has 3 aromatic carbocycles. The Morgan fingerprint density at radius 2 is 1.77 bits per heavy atom. The lowest BCUT2D eigenvalue weighted by molar-refractivity contribution is 0.0742. The lowest BCUT2D eigenvalue weighted by Gasteiger charge is -2.23. The zero-order valence-electron chi connectivity index (χ0n) is 20.1. The third-order valence-electron chi connectivity index (χ3n) is 5.62. The van der Waals surface area contributed by atoms with Crippen molar-refractivity contribution in [1.82, 2.24) is 14.7 Å². The first-order valence-electron chi connectivity index (χ1n) is 11.5. The highest BCUT2D eigenvalue weighted by Crippen LogP contribution is 2.36. The first-order chi connectivity index (χ1) is 17.0. The van der Waals surface area contributed by atoms with Crippen LogP contribution in [-0.2, 0) is 13.6 Å². The molecule has 0 saturated heterocycles. The Kier molecular flexibility index (Phi) is 7.73. The smallest absolute Gasteiger partial charge is 0.254 e. The van der Waals surface area contributed by atoms with Crippen molar-refractivity contribution >= 4 is 17.5 Å². The number of amides is 1. The van der Waals surface area contributed by atoms with Gasteiger partial charge in [0.25, 0.3) is 5.91 Å². The van der Waals surface area contributed by atoms with Crippen molar-refractivity contribution in [2.24, 2.45) is 7.05 Å². The zero-order valence-corrected chi connectivity index (χ0v) is 20.8. The molecule has 6 nitrogen and oxygen atoms in total. The van der Waals surface area contributed by atoms with Crippen LogP contribution in [0, 0.1) is 0 Å². The third kappa shape index (κ3) is 5.49. The van der Waals surface area contributed by atoms with Crippen LogP contribution in [0.1, 0.15) is 29.3 Å². The lowest BCUT2D eigenvalue weighted by atomic mass is 10.1. The van der Waals surface area contributed by atoms with Crippen LogP contribution in [0.3, 0.4) is 0 Å².